The molecule has 1 amide bonds. The van der Waals surface area contributed by atoms with E-state index in [0.29, 0.717) is 17.9 Å². The van der Waals surface area contributed by atoms with Gasteiger partial charge in [0.05, 0.1) is 6.04 Å². The lowest BCUT2D eigenvalue weighted by Gasteiger charge is -2.39. The highest BCUT2D eigenvalue weighted by Gasteiger charge is 2.51. The SMILES string of the molecule is CC1CCC(C)C2(C1)NC(=NC1CC1)NC2=O. The van der Waals surface area contributed by atoms with Gasteiger partial charge in [0.1, 0.15) is 5.54 Å². The van der Waals surface area contributed by atoms with Crippen molar-refractivity contribution < 1.29 is 4.79 Å². The predicted octanol–water partition coefficient (Wildman–Crippen LogP) is 1.42. The average Bonchev–Trinajstić information content (AvgIpc) is 3.01. The number of hydrogen-bond donors (Lipinski definition) is 2. The van der Waals surface area contributed by atoms with Crippen molar-refractivity contribution in [2.75, 3.05) is 0 Å². The van der Waals surface area contributed by atoms with E-state index in [0.717, 1.165) is 18.8 Å². The fourth-order valence-corrected chi connectivity index (χ4v) is 3.09. The van der Waals surface area contributed by atoms with Crippen LogP contribution >= 0.6 is 0 Å². The monoisotopic (exact) mass is 235 g/mol. The quantitative estimate of drug-likeness (QED) is 0.722. The molecule has 1 heterocycles. The van der Waals surface area contributed by atoms with Crippen LogP contribution in [0, 0.1) is 11.8 Å². The van der Waals surface area contributed by atoms with Gasteiger partial charge in [-0.25, -0.2) is 4.99 Å². The highest BCUT2D eigenvalue weighted by Crippen LogP contribution is 2.38. The second-order valence-corrected chi connectivity index (χ2v) is 6.05. The third kappa shape index (κ3) is 1.83. The van der Waals surface area contributed by atoms with E-state index in [1.807, 2.05) is 0 Å². The minimum Gasteiger partial charge on any atom is -0.341 e. The summed E-state index contributed by atoms with van der Waals surface area (Å²) in [4.78, 5) is 16.8. The lowest BCUT2D eigenvalue weighted by molar-refractivity contribution is -0.127. The van der Waals surface area contributed by atoms with Crippen LogP contribution in [0.2, 0.25) is 0 Å². The van der Waals surface area contributed by atoms with Crippen LogP contribution in [0.15, 0.2) is 4.99 Å². The molecule has 0 aromatic heterocycles. The molecule has 2 saturated carbocycles. The fourth-order valence-electron chi connectivity index (χ4n) is 3.09. The van der Waals surface area contributed by atoms with E-state index in [-0.39, 0.29) is 11.4 Å². The normalized spacial score (nSPS) is 43.9. The Morgan fingerprint density at radius 3 is 2.71 bits per heavy atom. The van der Waals surface area contributed by atoms with Crippen LogP contribution in [0.1, 0.15) is 46.0 Å². The zero-order valence-electron chi connectivity index (χ0n) is 10.6. The fraction of sp³-hybridized carbons (Fsp3) is 0.846. The Balaban J connectivity index is 1.83. The van der Waals surface area contributed by atoms with Crippen molar-refractivity contribution in [1.29, 1.82) is 0 Å². The van der Waals surface area contributed by atoms with Crippen molar-refractivity contribution in [2.45, 2.75) is 57.5 Å². The predicted molar refractivity (Wildman–Crippen MR) is 66.6 cm³/mol. The third-order valence-corrected chi connectivity index (χ3v) is 4.44. The van der Waals surface area contributed by atoms with Gasteiger partial charge in [-0.15, -0.1) is 0 Å². The number of guanidine groups is 1. The van der Waals surface area contributed by atoms with Crippen LogP contribution in [0.5, 0.6) is 0 Å². The summed E-state index contributed by atoms with van der Waals surface area (Å²) in [6, 6.07) is 0.448. The van der Waals surface area contributed by atoms with Crippen LogP contribution in [0.25, 0.3) is 0 Å². The average molecular weight is 235 g/mol. The van der Waals surface area contributed by atoms with Crippen molar-refractivity contribution in [1.82, 2.24) is 10.6 Å². The summed E-state index contributed by atoms with van der Waals surface area (Å²) in [6.07, 6.45) is 5.62. The van der Waals surface area contributed by atoms with Crippen LogP contribution in [0.4, 0.5) is 0 Å². The maximum Gasteiger partial charge on any atom is 0.252 e. The van der Waals surface area contributed by atoms with Gasteiger partial charge in [0.25, 0.3) is 5.91 Å². The lowest BCUT2D eigenvalue weighted by Crippen LogP contribution is -2.55. The molecule has 2 N–H and O–H groups in total. The van der Waals surface area contributed by atoms with Crippen molar-refractivity contribution in [2.24, 2.45) is 16.8 Å². The molecule has 4 nitrogen and oxygen atoms in total. The Morgan fingerprint density at radius 2 is 2.00 bits per heavy atom. The molecular formula is C13H21N3O. The van der Waals surface area contributed by atoms with Gasteiger partial charge in [0.15, 0.2) is 5.96 Å². The van der Waals surface area contributed by atoms with Crippen LogP contribution in [-0.2, 0) is 4.79 Å². The Hall–Kier alpha value is -1.06. The molecule has 0 aromatic rings. The third-order valence-electron chi connectivity index (χ3n) is 4.44. The van der Waals surface area contributed by atoms with E-state index < -0.39 is 0 Å². The Morgan fingerprint density at radius 1 is 1.24 bits per heavy atom. The molecule has 0 bridgehead atoms. The van der Waals surface area contributed by atoms with Gasteiger partial charge in [-0.1, -0.05) is 20.3 Å². The number of rotatable bonds is 1. The first kappa shape index (κ1) is 11.1. The number of nitrogens with zero attached hydrogens (tertiary/aromatic N) is 1. The van der Waals surface area contributed by atoms with E-state index in [4.69, 9.17) is 0 Å². The van der Waals surface area contributed by atoms with E-state index in [9.17, 15) is 4.79 Å². The number of amides is 1. The van der Waals surface area contributed by atoms with Crippen molar-refractivity contribution in [3.8, 4) is 0 Å². The van der Waals surface area contributed by atoms with Crippen LogP contribution in [0.3, 0.4) is 0 Å². The van der Waals surface area contributed by atoms with E-state index in [2.05, 4.69) is 29.5 Å². The number of hydrogen-bond acceptors (Lipinski definition) is 2. The molecule has 1 aliphatic heterocycles. The summed E-state index contributed by atoms with van der Waals surface area (Å²) in [5.74, 6) is 1.87. The van der Waals surface area contributed by atoms with Gasteiger partial charge < -0.3 is 5.32 Å². The maximum atomic E-state index is 12.3. The summed E-state index contributed by atoms with van der Waals surface area (Å²) in [5, 5.41) is 6.33. The number of carbonyl (C=O) groups excluding carboxylic acids is 1. The molecule has 1 saturated heterocycles. The summed E-state index contributed by atoms with van der Waals surface area (Å²) in [7, 11) is 0. The number of carbonyl (C=O) groups is 1. The van der Waals surface area contributed by atoms with E-state index >= 15 is 0 Å². The topological polar surface area (TPSA) is 53.5 Å². The van der Waals surface area contributed by atoms with Gasteiger partial charge >= 0.3 is 0 Å². The maximum absolute atomic E-state index is 12.3. The summed E-state index contributed by atoms with van der Waals surface area (Å²) >= 11 is 0. The minimum atomic E-state index is -0.384. The number of nitrogens with one attached hydrogen (secondary N) is 2. The van der Waals surface area contributed by atoms with Gasteiger partial charge in [0, 0.05) is 0 Å². The highest BCUT2D eigenvalue weighted by atomic mass is 16.2. The largest absolute Gasteiger partial charge is 0.341 e. The first-order valence-electron chi connectivity index (χ1n) is 6.77. The lowest BCUT2D eigenvalue weighted by atomic mass is 9.70. The Bertz CT molecular complexity index is 375. The molecule has 94 valence electrons. The van der Waals surface area contributed by atoms with E-state index in [1.165, 1.54) is 19.3 Å². The van der Waals surface area contributed by atoms with Gasteiger partial charge in [-0.05, 0) is 37.5 Å². The molecular weight excluding hydrogens is 214 g/mol. The summed E-state index contributed by atoms with van der Waals surface area (Å²) in [6.45, 7) is 4.41. The van der Waals surface area contributed by atoms with Crippen molar-refractivity contribution in [3.63, 3.8) is 0 Å². The first-order valence-corrected chi connectivity index (χ1v) is 6.77. The molecule has 2 aliphatic carbocycles. The molecule has 3 aliphatic rings. The van der Waals surface area contributed by atoms with Gasteiger partial charge in [-0.2, -0.15) is 0 Å². The van der Waals surface area contributed by atoms with Crippen LogP contribution < -0.4 is 10.6 Å². The first-order chi connectivity index (χ1) is 8.10. The van der Waals surface area contributed by atoms with Gasteiger partial charge in [-0.3, -0.25) is 10.1 Å². The van der Waals surface area contributed by atoms with E-state index in [1.54, 1.807) is 0 Å². The van der Waals surface area contributed by atoms with Crippen LogP contribution in [-0.4, -0.2) is 23.4 Å². The Kier molecular flexibility index (Phi) is 2.42. The smallest absolute Gasteiger partial charge is 0.252 e. The number of aliphatic imine (C=N–C) groups is 1. The summed E-state index contributed by atoms with van der Waals surface area (Å²) in [5.41, 5.74) is -0.384. The molecule has 3 unspecified atom stereocenters. The van der Waals surface area contributed by atoms with Gasteiger partial charge in [0.2, 0.25) is 0 Å². The minimum absolute atomic E-state index is 0.135. The molecule has 0 aromatic carbocycles. The molecule has 3 rings (SSSR count). The zero-order valence-corrected chi connectivity index (χ0v) is 10.6. The molecule has 4 heteroatoms. The molecule has 0 radical (unpaired) electrons. The molecule has 1 spiro atoms. The Labute approximate surface area is 102 Å². The zero-order chi connectivity index (χ0) is 12.0. The van der Waals surface area contributed by atoms with Crippen molar-refractivity contribution in [3.05, 3.63) is 0 Å². The summed E-state index contributed by atoms with van der Waals surface area (Å²) < 4.78 is 0. The standard InChI is InChI=1S/C13H21N3O/c1-8-3-4-9(2)13(7-8)11(17)15-12(16-13)14-10-5-6-10/h8-10H,3-7H2,1-2H3,(H2,14,15,16,17). The highest BCUT2D eigenvalue weighted by molar-refractivity contribution is 6.09. The second-order valence-electron chi connectivity index (χ2n) is 6.05. The second kappa shape index (κ2) is 3.72. The van der Waals surface area contributed by atoms with Crippen molar-refractivity contribution >= 4 is 11.9 Å². The molecule has 3 atom stereocenters. The molecule has 17 heavy (non-hydrogen) atoms. The molecule has 3 fully saturated rings.